The van der Waals surface area contributed by atoms with Crippen LogP contribution >= 0.6 is 0 Å². The van der Waals surface area contributed by atoms with E-state index in [0.29, 0.717) is 17.3 Å². The third-order valence-corrected chi connectivity index (χ3v) is 3.29. The smallest absolute Gasteiger partial charge is 0.291 e. The Bertz CT molecular complexity index is 672. The number of benzene rings is 1. The molecule has 22 heavy (non-hydrogen) atoms. The number of rotatable bonds is 5. The Balaban J connectivity index is 2.03. The van der Waals surface area contributed by atoms with E-state index in [4.69, 9.17) is 4.74 Å². The maximum atomic E-state index is 12.0. The summed E-state index contributed by atoms with van der Waals surface area (Å²) in [6.07, 6.45) is 0. The highest BCUT2D eigenvalue weighted by Crippen LogP contribution is 2.13. The summed E-state index contributed by atoms with van der Waals surface area (Å²) in [6, 6.07) is 9.19. The zero-order valence-electron chi connectivity index (χ0n) is 13.2. The number of carbonyl (C=O) groups is 1. The number of amides is 1. The minimum absolute atomic E-state index is 0.290. The van der Waals surface area contributed by atoms with Gasteiger partial charge >= 0.3 is 0 Å². The van der Waals surface area contributed by atoms with Crippen molar-refractivity contribution >= 4 is 11.6 Å². The summed E-state index contributed by atoms with van der Waals surface area (Å²) in [5, 5.41) is 10.9. The van der Waals surface area contributed by atoms with Gasteiger partial charge in [-0.1, -0.05) is 13.8 Å². The lowest BCUT2D eigenvalue weighted by atomic mass is 10.1. The Hall–Kier alpha value is -2.63. The van der Waals surface area contributed by atoms with Gasteiger partial charge in [0.25, 0.3) is 5.91 Å². The average molecular weight is 300 g/mol. The normalized spacial score (nSPS) is 11.6. The number of nitrogens with one attached hydrogen (secondary N) is 2. The third-order valence-electron chi connectivity index (χ3n) is 3.29. The minimum Gasteiger partial charge on any atom is -0.497 e. The molecule has 0 saturated carbocycles. The first-order valence-corrected chi connectivity index (χ1v) is 7.05. The van der Waals surface area contributed by atoms with Crippen molar-refractivity contribution in [3.63, 3.8) is 0 Å². The fourth-order valence-electron chi connectivity index (χ4n) is 1.84. The van der Waals surface area contributed by atoms with Gasteiger partial charge in [-0.2, -0.15) is 10.2 Å². The summed E-state index contributed by atoms with van der Waals surface area (Å²) in [4.78, 5) is 12.0. The molecule has 1 aromatic carbocycles. The van der Waals surface area contributed by atoms with E-state index >= 15 is 0 Å². The lowest BCUT2D eigenvalue weighted by Gasteiger charge is -2.03. The van der Waals surface area contributed by atoms with Crippen LogP contribution in [0.25, 0.3) is 0 Å². The molecular weight excluding hydrogens is 280 g/mol. The van der Waals surface area contributed by atoms with Gasteiger partial charge in [0, 0.05) is 5.69 Å². The highest BCUT2D eigenvalue weighted by atomic mass is 16.5. The van der Waals surface area contributed by atoms with Crippen LogP contribution in [-0.4, -0.2) is 28.9 Å². The van der Waals surface area contributed by atoms with Crippen LogP contribution < -0.4 is 10.2 Å². The molecule has 0 bridgehead atoms. The quantitative estimate of drug-likeness (QED) is 0.658. The molecule has 0 atom stereocenters. The number of nitrogens with zero attached hydrogens (tertiary/aromatic N) is 2. The molecule has 2 N–H and O–H groups in total. The van der Waals surface area contributed by atoms with E-state index < -0.39 is 0 Å². The lowest BCUT2D eigenvalue weighted by molar-refractivity contribution is 0.0950. The van der Waals surface area contributed by atoms with E-state index in [1.807, 2.05) is 45.0 Å². The molecule has 6 heteroatoms. The van der Waals surface area contributed by atoms with Crippen molar-refractivity contribution in [2.75, 3.05) is 7.11 Å². The Kier molecular flexibility index (Phi) is 4.93. The summed E-state index contributed by atoms with van der Waals surface area (Å²) >= 11 is 0. The molecule has 0 saturated heterocycles. The molecule has 2 rings (SSSR count). The fourth-order valence-corrected chi connectivity index (χ4v) is 1.84. The molecule has 1 amide bonds. The number of hydrogen-bond donors (Lipinski definition) is 2. The van der Waals surface area contributed by atoms with Crippen molar-refractivity contribution in [2.45, 2.75) is 26.7 Å². The molecule has 0 spiro atoms. The highest BCUT2D eigenvalue weighted by Gasteiger charge is 2.11. The number of hydrazone groups is 1. The van der Waals surface area contributed by atoms with Gasteiger partial charge in [-0.05, 0) is 48.7 Å². The molecule has 0 aliphatic rings. The highest BCUT2D eigenvalue weighted by molar-refractivity contribution is 6.00. The van der Waals surface area contributed by atoms with E-state index in [2.05, 4.69) is 20.7 Å². The zero-order chi connectivity index (χ0) is 16.1. The van der Waals surface area contributed by atoms with Gasteiger partial charge < -0.3 is 4.74 Å². The SMILES string of the molecule is COc1ccc(/C(C)=N\NC(=O)c2cc(C(C)C)[nH]n2)cc1. The maximum Gasteiger partial charge on any atom is 0.291 e. The zero-order valence-corrected chi connectivity index (χ0v) is 13.2. The molecule has 0 aliphatic heterocycles. The van der Waals surface area contributed by atoms with E-state index in [0.717, 1.165) is 17.0 Å². The van der Waals surface area contributed by atoms with Crippen molar-refractivity contribution in [2.24, 2.45) is 5.10 Å². The van der Waals surface area contributed by atoms with Gasteiger partial charge in [0.2, 0.25) is 0 Å². The van der Waals surface area contributed by atoms with Crippen molar-refractivity contribution in [1.82, 2.24) is 15.6 Å². The molecule has 0 radical (unpaired) electrons. The van der Waals surface area contributed by atoms with Crippen molar-refractivity contribution in [1.29, 1.82) is 0 Å². The predicted octanol–water partition coefficient (Wildman–Crippen LogP) is 2.70. The van der Waals surface area contributed by atoms with Gasteiger partial charge in [0.1, 0.15) is 5.75 Å². The molecule has 1 heterocycles. The average Bonchev–Trinajstić information content (AvgIpc) is 3.02. The molecule has 0 unspecified atom stereocenters. The van der Waals surface area contributed by atoms with E-state index in [1.54, 1.807) is 13.2 Å². The topological polar surface area (TPSA) is 79.4 Å². The van der Waals surface area contributed by atoms with Crippen LogP contribution in [-0.2, 0) is 0 Å². The van der Waals surface area contributed by atoms with Crippen LogP contribution in [0.5, 0.6) is 5.75 Å². The Labute approximate surface area is 129 Å². The molecule has 116 valence electrons. The van der Waals surface area contributed by atoms with Gasteiger partial charge in [-0.25, -0.2) is 5.43 Å². The lowest BCUT2D eigenvalue weighted by Crippen LogP contribution is -2.19. The minimum atomic E-state index is -0.337. The van der Waals surface area contributed by atoms with Crippen LogP contribution in [0.2, 0.25) is 0 Å². The first kappa shape index (κ1) is 15.8. The molecule has 2 aromatic rings. The summed E-state index contributed by atoms with van der Waals surface area (Å²) in [7, 11) is 1.62. The summed E-state index contributed by atoms with van der Waals surface area (Å²) < 4.78 is 5.11. The Morgan fingerprint density at radius 2 is 2.00 bits per heavy atom. The number of hydrogen-bond acceptors (Lipinski definition) is 4. The van der Waals surface area contributed by atoms with Gasteiger partial charge in [0.05, 0.1) is 12.8 Å². The summed E-state index contributed by atoms with van der Waals surface area (Å²) in [5.41, 5.74) is 5.37. The molecule has 6 nitrogen and oxygen atoms in total. The van der Waals surface area contributed by atoms with Crippen molar-refractivity contribution in [3.05, 3.63) is 47.3 Å². The fraction of sp³-hybridized carbons (Fsp3) is 0.312. The first-order valence-electron chi connectivity index (χ1n) is 7.05. The van der Waals surface area contributed by atoms with Gasteiger partial charge in [-0.15, -0.1) is 0 Å². The van der Waals surface area contributed by atoms with E-state index in [9.17, 15) is 4.79 Å². The number of aromatic nitrogens is 2. The Morgan fingerprint density at radius 1 is 1.32 bits per heavy atom. The van der Waals surface area contributed by atoms with Crippen LogP contribution in [0.15, 0.2) is 35.4 Å². The van der Waals surface area contributed by atoms with Gasteiger partial charge in [0.15, 0.2) is 5.69 Å². The van der Waals surface area contributed by atoms with Crippen LogP contribution in [0.4, 0.5) is 0 Å². The summed E-state index contributed by atoms with van der Waals surface area (Å²) in [6.45, 7) is 5.88. The first-order chi connectivity index (χ1) is 10.5. The second kappa shape index (κ2) is 6.89. The second-order valence-corrected chi connectivity index (χ2v) is 5.23. The van der Waals surface area contributed by atoms with Crippen LogP contribution in [0.3, 0.4) is 0 Å². The largest absolute Gasteiger partial charge is 0.497 e. The molecule has 1 aromatic heterocycles. The predicted molar refractivity (Wildman–Crippen MR) is 85.3 cm³/mol. The van der Waals surface area contributed by atoms with Crippen molar-refractivity contribution < 1.29 is 9.53 Å². The van der Waals surface area contributed by atoms with Crippen LogP contribution in [0.1, 0.15) is 48.4 Å². The number of aromatic amines is 1. The number of methoxy groups -OCH3 is 1. The van der Waals surface area contributed by atoms with E-state index in [1.165, 1.54) is 0 Å². The molecule has 0 fully saturated rings. The van der Waals surface area contributed by atoms with Gasteiger partial charge in [-0.3, -0.25) is 9.89 Å². The number of ether oxygens (including phenoxy) is 1. The maximum absolute atomic E-state index is 12.0. The third kappa shape index (κ3) is 3.72. The number of H-pyrrole nitrogens is 1. The standard InChI is InChI=1S/C16H20N4O2/c1-10(2)14-9-15(19-18-14)16(21)20-17-11(3)12-5-7-13(22-4)8-6-12/h5-10H,1-4H3,(H,18,19)(H,20,21)/b17-11-. The summed E-state index contributed by atoms with van der Waals surface area (Å²) in [5.74, 6) is 0.730. The molecule has 0 aliphatic carbocycles. The molecular formula is C16H20N4O2. The van der Waals surface area contributed by atoms with E-state index in [-0.39, 0.29) is 5.91 Å². The second-order valence-electron chi connectivity index (χ2n) is 5.23. The monoisotopic (exact) mass is 300 g/mol. The van der Waals surface area contributed by atoms with Crippen molar-refractivity contribution in [3.8, 4) is 5.75 Å². The van der Waals surface area contributed by atoms with Crippen LogP contribution in [0, 0.1) is 0 Å². The number of carbonyl (C=O) groups excluding carboxylic acids is 1. The Morgan fingerprint density at radius 3 is 2.55 bits per heavy atom.